The molecule has 0 aromatic carbocycles. The maximum atomic E-state index is 12.4. The second kappa shape index (κ2) is 8.30. The molecule has 6 nitrogen and oxygen atoms in total. The Bertz CT molecular complexity index is 633. The van der Waals surface area contributed by atoms with Gasteiger partial charge >= 0.3 is 0 Å². The van der Waals surface area contributed by atoms with Gasteiger partial charge in [0.05, 0.1) is 5.56 Å². The van der Waals surface area contributed by atoms with Crippen LogP contribution in [0.3, 0.4) is 0 Å². The van der Waals surface area contributed by atoms with E-state index in [-0.39, 0.29) is 0 Å². The zero-order valence-corrected chi connectivity index (χ0v) is 15.0. The highest BCUT2D eigenvalue weighted by Gasteiger charge is 2.23. The Kier molecular flexibility index (Phi) is 5.87. The summed E-state index contributed by atoms with van der Waals surface area (Å²) in [6.07, 6.45) is 4.72. The standard InChI is InChI=1S/C19H27N5O/c1-16-4-3-8-24(15-16)18(25)6-9-22-10-12-23(13-11-22)19-17(14-20)5-2-7-21-19/h2,5,7,16H,3-4,6,8-13,15H2,1H3/t16-/m0/s1. The summed E-state index contributed by atoms with van der Waals surface area (Å²) in [5.41, 5.74) is 0.630. The molecule has 0 radical (unpaired) electrons. The number of rotatable bonds is 4. The number of pyridine rings is 1. The molecule has 6 heteroatoms. The number of piperazine rings is 1. The predicted molar refractivity (Wildman–Crippen MR) is 97.2 cm³/mol. The predicted octanol–water partition coefficient (Wildman–Crippen LogP) is 1.72. The summed E-state index contributed by atoms with van der Waals surface area (Å²) in [5.74, 6) is 1.71. The summed E-state index contributed by atoms with van der Waals surface area (Å²) in [5, 5.41) is 9.22. The van der Waals surface area contributed by atoms with Crippen molar-refractivity contribution in [2.24, 2.45) is 5.92 Å². The van der Waals surface area contributed by atoms with Crippen LogP contribution in [0.1, 0.15) is 31.7 Å². The van der Waals surface area contributed by atoms with Gasteiger partial charge in [-0.1, -0.05) is 6.92 Å². The van der Waals surface area contributed by atoms with E-state index in [1.54, 1.807) is 12.3 Å². The lowest BCUT2D eigenvalue weighted by molar-refractivity contribution is -0.133. The van der Waals surface area contributed by atoms with Gasteiger partial charge in [0.15, 0.2) is 0 Å². The molecule has 3 rings (SSSR count). The first-order valence-corrected chi connectivity index (χ1v) is 9.27. The van der Waals surface area contributed by atoms with Crippen LogP contribution < -0.4 is 4.90 Å². The lowest BCUT2D eigenvalue weighted by Crippen LogP contribution is -2.48. The Balaban J connectivity index is 1.45. The van der Waals surface area contributed by atoms with E-state index in [4.69, 9.17) is 0 Å². The van der Waals surface area contributed by atoms with Crippen LogP contribution in [-0.2, 0) is 4.79 Å². The summed E-state index contributed by atoms with van der Waals surface area (Å²) < 4.78 is 0. The van der Waals surface area contributed by atoms with Gasteiger partial charge in [0.25, 0.3) is 0 Å². The van der Waals surface area contributed by atoms with Crippen LogP contribution in [0.2, 0.25) is 0 Å². The average Bonchev–Trinajstić information content (AvgIpc) is 2.66. The van der Waals surface area contributed by atoms with Crippen molar-refractivity contribution in [2.45, 2.75) is 26.2 Å². The molecule has 2 fully saturated rings. The van der Waals surface area contributed by atoms with Crippen molar-refractivity contribution in [2.75, 3.05) is 50.7 Å². The highest BCUT2D eigenvalue weighted by molar-refractivity contribution is 5.76. The first-order valence-electron chi connectivity index (χ1n) is 9.27. The maximum Gasteiger partial charge on any atom is 0.223 e. The van der Waals surface area contributed by atoms with Gasteiger partial charge in [-0.05, 0) is 30.9 Å². The van der Waals surface area contributed by atoms with Crippen molar-refractivity contribution < 1.29 is 4.79 Å². The maximum absolute atomic E-state index is 12.4. The van der Waals surface area contributed by atoms with Gasteiger partial charge in [0, 0.05) is 58.4 Å². The minimum atomic E-state index is 0.297. The fraction of sp³-hybridized carbons (Fsp3) is 0.632. The van der Waals surface area contributed by atoms with Gasteiger partial charge in [-0.15, -0.1) is 0 Å². The zero-order chi connectivity index (χ0) is 17.6. The summed E-state index contributed by atoms with van der Waals surface area (Å²) in [6, 6.07) is 5.83. The van der Waals surface area contributed by atoms with E-state index >= 15 is 0 Å². The molecule has 1 aromatic heterocycles. The quantitative estimate of drug-likeness (QED) is 0.834. The Morgan fingerprint density at radius 2 is 2.12 bits per heavy atom. The number of hydrogen-bond donors (Lipinski definition) is 0. The number of carbonyl (C=O) groups is 1. The number of likely N-dealkylation sites (tertiary alicyclic amines) is 1. The number of anilines is 1. The normalized spacial score (nSPS) is 21.8. The second-order valence-corrected chi connectivity index (χ2v) is 7.15. The number of hydrogen-bond acceptors (Lipinski definition) is 5. The highest BCUT2D eigenvalue weighted by Crippen LogP contribution is 2.19. The summed E-state index contributed by atoms with van der Waals surface area (Å²) >= 11 is 0. The molecular weight excluding hydrogens is 314 g/mol. The smallest absolute Gasteiger partial charge is 0.223 e. The summed E-state index contributed by atoms with van der Waals surface area (Å²) in [4.78, 5) is 23.3. The third kappa shape index (κ3) is 4.49. The number of aromatic nitrogens is 1. The zero-order valence-electron chi connectivity index (χ0n) is 15.0. The number of nitrogens with zero attached hydrogens (tertiary/aromatic N) is 5. The number of piperidine rings is 1. The van der Waals surface area contributed by atoms with E-state index in [1.165, 1.54) is 6.42 Å². The molecular formula is C19H27N5O. The van der Waals surface area contributed by atoms with Crippen LogP contribution >= 0.6 is 0 Å². The van der Waals surface area contributed by atoms with Gasteiger partial charge in [-0.2, -0.15) is 5.26 Å². The number of nitriles is 1. The molecule has 0 spiro atoms. The number of amides is 1. The molecule has 2 aliphatic rings. The van der Waals surface area contributed by atoms with Crippen molar-refractivity contribution in [1.82, 2.24) is 14.8 Å². The van der Waals surface area contributed by atoms with Crippen LogP contribution in [0.25, 0.3) is 0 Å². The Morgan fingerprint density at radius 1 is 1.32 bits per heavy atom. The molecule has 3 heterocycles. The molecule has 1 atom stereocenters. The molecule has 2 saturated heterocycles. The van der Waals surface area contributed by atoms with E-state index in [0.29, 0.717) is 23.8 Å². The molecule has 134 valence electrons. The second-order valence-electron chi connectivity index (χ2n) is 7.15. The van der Waals surface area contributed by atoms with Crippen LogP contribution in [0, 0.1) is 17.2 Å². The van der Waals surface area contributed by atoms with Gasteiger partial charge in [-0.3, -0.25) is 9.69 Å². The number of carbonyl (C=O) groups excluding carboxylic acids is 1. The minimum absolute atomic E-state index is 0.297. The molecule has 1 amide bonds. The summed E-state index contributed by atoms with van der Waals surface area (Å²) in [6.45, 7) is 8.41. The molecule has 0 bridgehead atoms. The van der Waals surface area contributed by atoms with Crippen molar-refractivity contribution in [3.8, 4) is 6.07 Å². The Labute approximate surface area is 150 Å². The van der Waals surface area contributed by atoms with E-state index in [2.05, 4.69) is 27.8 Å². The molecule has 0 aliphatic carbocycles. The van der Waals surface area contributed by atoms with Crippen LogP contribution in [0.15, 0.2) is 18.3 Å². The van der Waals surface area contributed by atoms with E-state index in [1.807, 2.05) is 11.0 Å². The van der Waals surface area contributed by atoms with E-state index in [0.717, 1.165) is 58.1 Å². The third-order valence-electron chi connectivity index (χ3n) is 5.23. The van der Waals surface area contributed by atoms with Gasteiger partial charge in [0.1, 0.15) is 11.9 Å². The average molecular weight is 341 g/mol. The minimum Gasteiger partial charge on any atom is -0.353 e. The molecule has 25 heavy (non-hydrogen) atoms. The molecule has 1 aromatic rings. The fourth-order valence-electron chi connectivity index (χ4n) is 3.75. The third-order valence-corrected chi connectivity index (χ3v) is 5.23. The lowest BCUT2D eigenvalue weighted by Gasteiger charge is -2.36. The largest absolute Gasteiger partial charge is 0.353 e. The SMILES string of the molecule is C[C@H]1CCCN(C(=O)CCN2CCN(c3ncccc3C#N)CC2)C1. The van der Waals surface area contributed by atoms with Crippen LogP contribution in [0.5, 0.6) is 0 Å². The fourth-order valence-corrected chi connectivity index (χ4v) is 3.75. The molecule has 0 saturated carbocycles. The lowest BCUT2D eigenvalue weighted by atomic mass is 10.00. The monoisotopic (exact) mass is 341 g/mol. The first-order chi connectivity index (χ1) is 12.2. The van der Waals surface area contributed by atoms with E-state index < -0.39 is 0 Å². The first kappa shape index (κ1) is 17.7. The van der Waals surface area contributed by atoms with Crippen LogP contribution in [0.4, 0.5) is 5.82 Å². The van der Waals surface area contributed by atoms with Crippen molar-refractivity contribution in [3.63, 3.8) is 0 Å². The van der Waals surface area contributed by atoms with Crippen molar-refractivity contribution >= 4 is 11.7 Å². The molecule has 0 N–H and O–H groups in total. The van der Waals surface area contributed by atoms with Crippen molar-refractivity contribution in [3.05, 3.63) is 23.9 Å². The van der Waals surface area contributed by atoms with Gasteiger partial charge < -0.3 is 9.80 Å². The van der Waals surface area contributed by atoms with Crippen molar-refractivity contribution in [1.29, 1.82) is 5.26 Å². The molecule has 0 unspecified atom stereocenters. The topological polar surface area (TPSA) is 63.5 Å². The highest BCUT2D eigenvalue weighted by atomic mass is 16.2. The van der Waals surface area contributed by atoms with Gasteiger partial charge in [0.2, 0.25) is 5.91 Å². The summed E-state index contributed by atoms with van der Waals surface area (Å²) in [7, 11) is 0. The van der Waals surface area contributed by atoms with E-state index in [9.17, 15) is 10.1 Å². The Hall–Kier alpha value is -2.13. The Morgan fingerprint density at radius 3 is 2.84 bits per heavy atom. The van der Waals surface area contributed by atoms with Crippen LogP contribution in [-0.4, -0.2) is 66.5 Å². The molecule has 2 aliphatic heterocycles. The van der Waals surface area contributed by atoms with Gasteiger partial charge in [-0.25, -0.2) is 4.98 Å².